The first-order valence-corrected chi connectivity index (χ1v) is 3.63. The number of carbonyl (C=O) groups excluding carboxylic acids is 1. The van der Waals surface area contributed by atoms with Crippen LogP contribution in [0.25, 0.3) is 0 Å². The van der Waals surface area contributed by atoms with E-state index in [1.165, 1.54) is 0 Å². The quantitative estimate of drug-likeness (QED) is 0.292. The lowest BCUT2D eigenvalue weighted by Gasteiger charge is -1.99. The summed E-state index contributed by atoms with van der Waals surface area (Å²) in [6.45, 7) is 0.190. The minimum atomic E-state index is -1.18. The van der Waals surface area contributed by atoms with Crippen molar-refractivity contribution in [1.82, 2.24) is 0 Å². The third kappa shape index (κ3) is 7.12. The number of rotatable bonds is 5. The highest BCUT2D eigenvalue weighted by atomic mass is 35.5. The van der Waals surface area contributed by atoms with Crippen LogP contribution >= 0.6 is 11.6 Å². The minimum absolute atomic E-state index is 0.190. The Morgan fingerprint density at radius 3 is 2.55 bits per heavy atom. The van der Waals surface area contributed by atoms with Crippen molar-refractivity contribution in [2.24, 2.45) is 0 Å². The Kier molecular flexibility index (Phi) is 5.56. The Morgan fingerprint density at radius 1 is 1.45 bits per heavy atom. The van der Waals surface area contributed by atoms with Crippen molar-refractivity contribution in [3.8, 4) is 0 Å². The van der Waals surface area contributed by atoms with E-state index >= 15 is 0 Å². The van der Waals surface area contributed by atoms with Gasteiger partial charge in [0, 0.05) is 5.88 Å². The lowest BCUT2D eigenvalue weighted by molar-refractivity contribution is -0.151. The Bertz CT molecular complexity index is 146. The summed E-state index contributed by atoms with van der Waals surface area (Å²) in [6.07, 6.45) is -0.0325. The second kappa shape index (κ2) is 5.97. The summed E-state index contributed by atoms with van der Waals surface area (Å²) in [5.41, 5.74) is 0. The molecule has 0 rings (SSSR count). The number of hydrogen-bond acceptors (Lipinski definition) is 3. The van der Waals surface area contributed by atoms with Crippen LogP contribution in [-0.2, 0) is 14.3 Å². The summed E-state index contributed by atoms with van der Waals surface area (Å²) in [7, 11) is 0. The molecule has 0 bridgehead atoms. The number of esters is 1. The molecule has 0 saturated heterocycles. The Labute approximate surface area is 69.1 Å². The normalized spacial score (nSPS) is 9.18. The molecule has 0 amide bonds. The number of aliphatic carboxylic acids is 1. The molecule has 0 aromatic heterocycles. The van der Waals surface area contributed by atoms with Gasteiger partial charge in [-0.3, -0.25) is 9.59 Å². The average molecular weight is 181 g/mol. The largest absolute Gasteiger partial charge is 0.481 e. The zero-order valence-corrected chi connectivity index (χ0v) is 6.63. The van der Waals surface area contributed by atoms with E-state index < -0.39 is 18.4 Å². The molecule has 4 nitrogen and oxygen atoms in total. The van der Waals surface area contributed by atoms with Gasteiger partial charge in [-0.2, -0.15) is 0 Å². The van der Waals surface area contributed by atoms with Gasteiger partial charge in [-0.15, -0.1) is 11.6 Å². The first-order chi connectivity index (χ1) is 5.16. The van der Waals surface area contributed by atoms with Gasteiger partial charge >= 0.3 is 11.9 Å². The first-order valence-electron chi connectivity index (χ1n) is 3.10. The van der Waals surface area contributed by atoms with Gasteiger partial charge in [-0.05, 0) is 6.42 Å². The monoisotopic (exact) mass is 180 g/mol. The van der Waals surface area contributed by atoms with Gasteiger partial charge in [0.05, 0.1) is 6.61 Å². The summed E-state index contributed by atoms with van der Waals surface area (Å²) in [4.78, 5) is 20.4. The van der Waals surface area contributed by atoms with Crippen LogP contribution < -0.4 is 0 Å². The van der Waals surface area contributed by atoms with Crippen LogP contribution in [0.5, 0.6) is 0 Å². The number of carboxylic acid groups (broad SMARTS) is 1. The molecule has 0 aliphatic carbocycles. The van der Waals surface area contributed by atoms with Crippen LogP contribution in [0.1, 0.15) is 12.8 Å². The Hall–Kier alpha value is -0.770. The maximum atomic E-state index is 10.5. The maximum Gasteiger partial charge on any atom is 0.317 e. The van der Waals surface area contributed by atoms with E-state index in [1.807, 2.05) is 0 Å². The molecule has 0 unspecified atom stereocenters. The Balaban J connectivity index is 3.30. The molecule has 0 aromatic rings. The fraction of sp³-hybridized carbons (Fsp3) is 0.667. The summed E-state index contributed by atoms with van der Waals surface area (Å²) in [5.74, 6) is -1.50. The maximum absolute atomic E-state index is 10.5. The molecule has 0 fully saturated rings. The van der Waals surface area contributed by atoms with Crippen LogP contribution in [0.15, 0.2) is 0 Å². The number of hydrogen-bond donors (Lipinski definition) is 1. The molecule has 0 radical (unpaired) electrons. The topological polar surface area (TPSA) is 63.6 Å². The van der Waals surface area contributed by atoms with Crippen LogP contribution in [0, 0.1) is 0 Å². The zero-order chi connectivity index (χ0) is 8.69. The van der Waals surface area contributed by atoms with Gasteiger partial charge < -0.3 is 9.84 Å². The average Bonchev–Trinajstić information content (AvgIpc) is 1.86. The van der Waals surface area contributed by atoms with E-state index in [1.54, 1.807) is 0 Å². The van der Waals surface area contributed by atoms with E-state index in [9.17, 15) is 9.59 Å². The lowest BCUT2D eigenvalue weighted by Crippen LogP contribution is -2.11. The molecular weight excluding hydrogens is 172 g/mol. The van der Waals surface area contributed by atoms with Gasteiger partial charge in [0.2, 0.25) is 0 Å². The van der Waals surface area contributed by atoms with Crippen LogP contribution in [0.3, 0.4) is 0 Å². The highest BCUT2D eigenvalue weighted by molar-refractivity contribution is 6.17. The number of halogens is 1. The van der Waals surface area contributed by atoms with Crippen LogP contribution in [-0.4, -0.2) is 29.5 Å². The Morgan fingerprint density at radius 2 is 2.09 bits per heavy atom. The van der Waals surface area contributed by atoms with Gasteiger partial charge in [0.15, 0.2) is 0 Å². The zero-order valence-electron chi connectivity index (χ0n) is 5.88. The van der Waals surface area contributed by atoms with Crippen molar-refractivity contribution >= 4 is 23.5 Å². The number of carboxylic acids is 1. The van der Waals surface area contributed by atoms with Crippen LogP contribution in [0.4, 0.5) is 0 Å². The molecule has 0 aliphatic rings. The predicted molar refractivity (Wildman–Crippen MR) is 38.5 cm³/mol. The van der Waals surface area contributed by atoms with Crippen molar-refractivity contribution in [3.63, 3.8) is 0 Å². The van der Waals surface area contributed by atoms with Crippen molar-refractivity contribution in [2.75, 3.05) is 12.5 Å². The molecule has 0 spiro atoms. The first kappa shape index (κ1) is 10.2. The molecule has 5 heteroatoms. The molecule has 0 saturated carbocycles. The van der Waals surface area contributed by atoms with Gasteiger partial charge in [0.25, 0.3) is 0 Å². The van der Waals surface area contributed by atoms with E-state index in [0.29, 0.717) is 12.3 Å². The van der Waals surface area contributed by atoms with Crippen molar-refractivity contribution in [3.05, 3.63) is 0 Å². The fourth-order valence-corrected chi connectivity index (χ4v) is 0.524. The number of alkyl halides is 1. The summed E-state index contributed by atoms with van der Waals surface area (Å²) >= 11 is 5.28. The number of carbonyl (C=O) groups is 2. The second-order valence-corrected chi connectivity index (χ2v) is 2.21. The summed E-state index contributed by atoms with van der Waals surface area (Å²) in [6, 6.07) is 0. The molecule has 0 heterocycles. The van der Waals surface area contributed by atoms with Crippen LogP contribution in [0.2, 0.25) is 0 Å². The molecule has 0 aromatic carbocycles. The highest BCUT2D eigenvalue weighted by Crippen LogP contribution is 1.90. The second-order valence-electron chi connectivity index (χ2n) is 1.83. The van der Waals surface area contributed by atoms with E-state index in [-0.39, 0.29) is 6.61 Å². The van der Waals surface area contributed by atoms with Gasteiger partial charge in [0.1, 0.15) is 6.42 Å². The van der Waals surface area contributed by atoms with Crippen molar-refractivity contribution < 1.29 is 19.4 Å². The van der Waals surface area contributed by atoms with E-state index in [2.05, 4.69) is 4.74 Å². The summed E-state index contributed by atoms with van der Waals surface area (Å²) < 4.78 is 4.49. The van der Waals surface area contributed by atoms with Crippen molar-refractivity contribution in [1.29, 1.82) is 0 Å². The van der Waals surface area contributed by atoms with E-state index in [4.69, 9.17) is 16.7 Å². The number of ether oxygens (including phenoxy) is 1. The minimum Gasteiger partial charge on any atom is -0.481 e. The molecule has 1 N–H and O–H groups in total. The third-order valence-corrected chi connectivity index (χ3v) is 1.10. The molecule has 11 heavy (non-hydrogen) atoms. The molecule has 0 atom stereocenters. The predicted octanol–water partition coefficient (Wildman–Crippen LogP) is 0.633. The van der Waals surface area contributed by atoms with Gasteiger partial charge in [-0.1, -0.05) is 0 Å². The SMILES string of the molecule is O=C(O)CC(=O)OCCCCl. The highest BCUT2D eigenvalue weighted by Gasteiger charge is 2.07. The van der Waals surface area contributed by atoms with Gasteiger partial charge in [-0.25, -0.2) is 0 Å². The molecule has 0 aliphatic heterocycles. The molecule has 64 valence electrons. The standard InChI is InChI=1S/C6H9ClO4/c7-2-1-3-11-6(10)4-5(8)9/h1-4H2,(H,8,9). The molecular formula is C6H9ClO4. The smallest absolute Gasteiger partial charge is 0.317 e. The lowest BCUT2D eigenvalue weighted by atomic mass is 10.4. The van der Waals surface area contributed by atoms with Crippen molar-refractivity contribution in [2.45, 2.75) is 12.8 Å². The van der Waals surface area contributed by atoms with E-state index in [0.717, 1.165) is 0 Å². The summed E-state index contributed by atoms with van der Waals surface area (Å²) in [5, 5.41) is 8.11. The fourth-order valence-electron chi connectivity index (χ4n) is 0.415. The third-order valence-electron chi connectivity index (χ3n) is 0.837.